The number of rotatable bonds is 7. The highest BCUT2D eigenvalue weighted by atomic mass is 35.5. The molecular formula is C14H16ClNO5S2. The van der Waals surface area contributed by atoms with E-state index in [9.17, 15) is 8.42 Å². The van der Waals surface area contributed by atoms with Crippen LogP contribution in [0.25, 0.3) is 0 Å². The van der Waals surface area contributed by atoms with Gasteiger partial charge in [-0.05, 0) is 18.2 Å². The molecule has 6 nitrogen and oxygen atoms in total. The van der Waals surface area contributed by atoms with Crippen LogP contribution in [0.5, 0.6) is 17.2 Å². The molecule has 0 fully saturated rings. The topological polar surface area (TPSA) is 73.9 Å². The minimum absolute atomic E-state index is 0.0430. The molecule has 126 valence electrons. The summed E-state index contributed by atoms with van der Waals surface area (Å²) in [6, 6.07) is 6.31. The van der Waals surface area contributed by atoms with Gasteiger partial charge in [0.1, 0.15) is 9.96 Å². The van der Waals surface area contributed by atoms with Crippen molar-refractivity contribution in [3.63, 3.8) is 0 Å². The fourth-order valence-electron chi connectivity index (χ4n) is 1.92. The molecule has 0 atom stereocenters. The molecule has 23 heavy (non-hydrogen) atoms. The lowest BCUT2D eigenvalue weighted by Crippen LogP contribution is -2.22. The molecule has 1 aromatic heterocycles. The van der Waals surface area contributed by atoms with Crippen LogP contribution < -0.4 is 18.9 Å². The first-order chi connectivity index (χ1) is 10.9. The largest absolute Gasteiger partial charge is 0.496 e. The van der Waals surface area contributed by atoms with E-state index in [1.165, 1.54) is 33.5 Å². The number of hydrogen-bond acceptors (Lipinski definition) is 6. The monoisotopic (exact) mass is 377 g/mol. The van der Waals surface area contributed by atoms with E-state index < -0.39 is 10.0 Å². The van der Waals surface area contributed by atoms with Gasteiger partial charge >= 0.3 is 0 Å². The summed E-state index contributed by atoms with van der Waals surface area (Å²) in [6.07, 6.45) is 0. The molecule has 0 radical (unpaired) electrons. The number of methoxy groups -OCH3 is 3. The van der Waals surface area contributed by atoms with Crippen LogP contribution in [0.3, 0.4) is 0 Å². The second-order valence-corrected chi connectivity index (χ2v) is 8.11. The summed E-state index contributed by atoms with van der Waals surface area (Å²) in [5.41, 5.74) is 0.622. The molecule has 1 aromatic carbocycles. The maximum absolute atomic E-state index is 12.2. The summed E-state index contributed by atoms with van der Waals surface area (Å²) in [7, 11) is 0.877. The molecule has 0 saturated heterocycles. The fraction of sp³-hybridized carbons (Fsp3) is 0.286. The number of nitrogens with one attached hydrogen (secondary N) is 1. The first-order valence-corrected chi connectivity index (χ1v) is 9.13. The molecule has 2 rings (SSSR count). The Morgan fingerprint density at radius 3 is 2.17 bits per heavy atom. The molecule has 0 amide bonds. The zero-order valence-corrected chi connectivity index (χ0v) is 15.1. The van der Waals surface area contributed by atoms with Gasteiger partial charge in [-0.25, -0.2) is 13.1 Å². The lowest BCUT2D eigenvalue weighted by atomic mass is 10.1. The standard InChI is InChI=1S/C14H16ClNO5S2/c1-19-10-7-12(21-3)11(20-2)6-9(10)8-16-23(17,18)14-5-4-13(15)22-14/h4-7,16H,8H2,1-3H3. The van der Waals surface area contributed by atoms with E-state index in [1.54, 1.807) is 12.1 Å². The maximum atomic E-state index is 12.2. The third kappa shape index (κ3) is 4.08. The van der Waals surface area contributed by atoms with Crippen molar-refractivity contribution in [2.24, 2.45) is 0 Å². The average molecular weight is 378 g/mol. The molecule has 0 bridgehead atoms. The highest BCUT2D eigenvalue weighted by molar-refractivity contribution is 7.91. The van der Waals surface area contributed by atoms with E-state index in [-0.39, 0.29) is 10.8 Å². The summed E-state index contributed by atoms with van der Waals surface area (Å²) in [5, 5.41) is 0. The molecule has 9 heteroatoms. The van der Waals surface area contributed by atoms with Crippen molar-refractivity contribution in [2.45, 2.75) is 10.8 Å². The van der Waals surface area contributed by atoms with E-state index in [4.69, 9.17) is 25.8 Å². The lowest BCUT2D eigenvalue weighted by Gasteiger charge is -2.14. The van der Waals surface area contributed by atoms with Crippen molar-refractivity contribution in [3.05, 3.63) is 34.2 Å². The smallest absolute Gasteiger partial charge is 0.250 e. The predicted octanol–water partition coefficient (Wildman–Crippen LogP) is 2.91. The number of sulfonamides is 1. The van der Waals surface area contributed by atoms with Gasteiger partial charge in [-0.15, -0.1) is 11.3 Å². The number of ether oxygens (including phenoxy) is 3. The van der Waals surface area contributed by atoms with Crippen molar-refractivity contribution >= 4 is 33.0 Å². The van der Waals surface area contributed by atoms with Crippen LogP contribution in [0.2, 0.25) is 4.34 Å². The Morgan fingerprint density at radius 1 is 1.04 bits per heavy atom. The minimum Gasteiger partial charge on any atom is -0.496 e. The number of hydrogen-bond donors (Lipinski definition) is 1. The summed E-state index contributed by atoms with van der Waals surface area (Å²) in [6.45, 7) is 0.0430. The second-order valence-electron chi connectivity index (χ2n) is 4.40. The van der Waals surface area contributed by atoms with Crippen molar-refractivity contribution in [1.29, 1.82) is 0 Å². The van der Waals surface area contributed by atoms with Crippen LogP contribution in [-0.4, -0.2) is 29.7 Å². The van der Waals surface area contributed by atoms with Gasteiger partial charge in [0.2, 0.25) is 10.0 Å². The Kier molecular flexibility index (Phi) is 5.74. The van der Waals surface area contributed by atoms with E-state index >= 15 is 0 Å². The molecular weight excluding hydrogens is 362 g/mol. The normalized spacial score (nSPS) is 11.3. The van der Waals surface area contributed by atoms with Crippen LogP contribution >= 0.6 is 22.9 Å². The van der Waals surface area contributed by atoms with Crippen molar-refractivity contribution in [2.75, 3.05) is 21.3 Å². The van der Waals surface area contributed by atoms with Gasteiger partial charge < -0.3 is 14.2 Å². The second kappa shape index (κ2) is 7.39. The summed E-state index contributed by atoms with van der Waals surface area (Å²) >= 11 is 6.77. The zero-order chi connectivity index (χ0) is 17.0. The zero-order valence-electron chi connectivity index (χ0n) is 12.8. The van der Waals surface area contributed by atoms with E-state index in [2.05, 4.69) is 4.72 Å². The SMILES string of the molecule is COc1cc(OC)c(OC)cc1CNS(=O)(=O)c1ccc(Cl)s1. The van der Waals surface area contributed by atoms with E-state index in [0.29, 0.717) is 27.1 Å². The third-order valence-corrected chi connectivity index (χ3v) is 6.18. The van der Waals surface area contributed by atoms with Gasteiger partial charge in [0.15, 0.2) is 11.5 Å². The fourth-order valence-corrected chi connectivity index (χ4v) is 4.45. The van der Waals surface area contributed by atoms with E-state index in [0.717, 1.165) is 11.3 Å². The Labute approximate surface area is 144 Å². The average Bonchev–Trinajstić information content (AvgIpc) is 2.99. The van der Waals surface area contributed by atoms with Crippen LogP contribution in [0, 0.1) is 0 Å². The first-order valence-electron chi connectivity index (χ1n) is 6.45. The van der Waals surface area contributed by atoms with Crippen molar-refractivity contribution < 1.29 is 22.6 Å². The van der Waals surface area contributed by atoms with E-state index in [1.807, 2.05) is 0 Å². The predicted molar refractivity (Wildman–Crippen MR) is 89.5 cm³/mol. The van der Waals surface area contributed by atoms with Gasteiger partial charge in [-0.1, -0.05) is 11.6 Å². The molecule has 0 spiro atoms. The number of thiophene rings is 1. The summed E-state index contributed by atoms with van der Waals surface area (Å²) in [5.74, 6) is 1.48. The van der Waals surface area contributed by atoms with Gasteiger partial charge in [0, 0.05) is 18.2 Å². The van der Waals surface area contributed by atoms with Crippen molar-refractivity contribution in [3.8, 4) is 17.2 Å². The lowest BCUT2D eigenvalue weighted by molar-refractivity contribution is 0.347. The van der Waals surface area contributed by atoms with Crippen LogP contribution in [0.4, 0.5) is 0 Å². The van der Waals surface area contributed by atoms with Crippen LogP contribution in [-0.2, 0) is 16.6 Å². The third-order valence-electron chi connectivity index (χ3n) is 3.05. The summed E-state index contributed by atoms with van der Waals surface area (Å²) < 4.78 is 43.3. The van der Waals surface area contributed by atoms with Gasteiger partial charge in [-0.3, -0.25) is 0 Å². The highest BCUT2D eigenvalue weighted by Gasteiger charge is 2.18. The van der Waals surface area contributed by atoms with Crippen LogP contribution in [0.1, 0.15) is 5.56 Å². The maximum Gasteiger partial charge on any atom is 0.250 e. The quantitative estimate of drug-likeness (QED) is 0.803. The number of halogens is 1. The van der Waals surface area contributed by atoms with Gasteiger partial charge in [0.05, 0.1) is 25.7 Å². The molecule has 1 heterocycles. The summed E-state index contributed by atoms with van der Waals surface area (Å²) in [4.78, 5) is 0. The highest BCUT2D eigenvalue weighted by Crippen LogP contribution is 2.35. The van der Waals surface area contributed by atoms with Crippen LogP contribution in [0.15, 0.2) is 28.5 Å². The number of benzene rings is 1. The van der Waals surface area contributed by atoms with Crippen molar-refractivity contribution in [1.82, 2.24) is 4.72 Å². The minimum atomic E-state index is -3.64. The van der Waals surface area contributed by atoms with Gasteiger partial charge in [0.25, 0.3) is 0 Å². The first kappa shape index (κ1) is 17.9. The Hall–Kier alpha value is -1.48. The molecule has 1 N–H and O–H groups in total. The Bertz CT molecular complexity index is 788. The molecule has 0 aliphatic carbocycles. The Morgan fingerprint density at radius 2 is 1.65 bits per heavy atom. The molecule has 0 aliphatic rings. The Balaban J connectivity index is 2.26. The molecule has 0 unspecified atom stereocenters. The molecule has 0 saturated carbocycles. The molecule has 0 aliphatic heterocycles. The van der Waals surface area contributed by atoms with Gasteiger partial charge in [-0.2, -0.15) is 0 Å². The molecule has 2 aromatic rings.